The van der Waals surface area contributed by atoms with Gasteiger partial charge in [-0.05, 0) is 25.1 Å². The van der Waals surface area contributed by atoms with Crippen LogP contribution in [0.3, 0.4) is 0 Å². The molecule has 0 radical (unpaired) electrons. The molecule has 31 heavy (non-hydrogen) atoms. The highest BCUT2D eigenvalue weighted by atomic mass is 35.5. The molecule has 2 aromatic rings. The lowest BCUT2D eigenvalue weighted by Crippen LogP contribution is -2.30. The van der Waals surface area contributed by atoms with E-state index in [1.165, 1.54) is 35.7 Å². The Labute approximate surface area is 187 Å². The Hall–Kier alpha value is -3.11. The fraction of sp³-hybridized carbons (Fsp3) is 0.250. The van der Waals surface area contributed by atoms with Crippen LogP contribution in [-0.2, 0) is 14.3 Å². The molecular weight excluding hydrogens is 446 g/mol. The summed E-state index contributed by atoms with van der Waals surface area (Å²) in [6, 6.07) is 10.2. The minimum atomic E-state index is -1.17. The molecule has 0 bridgehead atoms. The van der Waals surface area contributed by atoms with Crippen molar-refractivity contribution < 1.29 is 24.0 Å². The van der Waals surface area contributed by atoms with Crippen molar-refractivity contribution in [1.82, 2.24) is 4.90 Å². The number of amides is 2. The second-order valence-corrected chi connectivity index (χ2v) is 7.96. The van der Waals surface area contributed by atoms with Crippen LogP contribution in [0.15, 0.2) is 47.4 Å². The lowest BCUT2D eigenvalue weighted by molar-refractivity contribution is -0.384. The third kappa shape index (κ3) is 6.69. The summed E-state index contributed by atoms with van der Waals surface area (Å²) >= 11 is 7.16. The number of nitro benzene ring substituents is 1. The monoisotopic (exact) mass is 465 g/mol. The van der Waals surface area contributed by atoms with Crippen LogP contribution < -0.4 is 5.32 Å². The molecule has 0 heterocycles. The SMILES string of the molecule is CC(OC(=O)c1ccccc1SCC(=O)N(C)C)C(=O)Nc1ccc([N+](=O)[O-])cc1Cl. The van der Waals surface area contributed by atoms with Crippen molar-refractivity contribution in [2.75, 3.05) is 25.2 Å². The number of thioether (sulfide) groups is 1. The molecule has 9 nitrogen and oxygen atoms in total. The van der Waals surface area contributed by atoms with Crippen LogP contribution in [-0.4, -0.2) is 53.6 Å². The van der Waals surface area contributed by atoms with Gasteiger partial charge in [0.25, 0.3) is 11.6 Å². The van der Waals surface area contributed by atoms with Crippen LogP contribution in [0.5, 0.6) is 0 Å². The molecule has 1 atom stereocenters. The molecule has 0 aliphatic heterocycles. The number of halogens is 1. The van der Waals surface area contributed by atoms with Crippen LogP contribution >= 0.6 is 23.4 Å². The van der Waals surface area contributed by atoms with Gasteiger partial charge < -0.3 is 15.0 Å². The van der Waals surface area contributed by atoms with Crippen molar-refractivity contribution in [1.29, 1.82) is 0 Å². The minimum absolute atomic E-state index is 0.0200. The maximum Gasteiger partial charge on any atom is 0.340 e. The van der Waals surface area contributed by atoms with Crippen LogP contribution in [0, 0.1) is 10.1 Å². The van der Waals surface area contributed by atoms with Gasteiger partial charge in [-0.15, -0.1) is 11.8 Å². The van der Waals surface area contributed by atoms with Gasteiger partial charge in [-0.3, -0.25) is 19.7 Å². The van der Waals surface area contributed by atoms with Gasteiger partial charge in [0.2, 0.25) is 5.91 Å². The average molecular weight is 466 g/mol. The van der Waals surface area contributed by atoms with E-state index in [1.807, 2.05) is 0 Å². The van der Waals surface area contributed by atoms with Gasteiger partial charge in [-0.1, -0.05) is 23.7 Å². The average Bonchev–Trinajstić information content (AvgIpc) is 2.73. The molecule has 11 heteroatoms. The van der Waals surface area contributed by atoms with Crippen LogP contribution in [0.2, 0.25) is 5.02 Å². The number of hydrogen-bond donors (Lipinski definition) is 1. The molecule has 2 rings (SSSR count). The maximum atomic E-state index is 12.6. The molecule has 1 N–H and O–H groups in total. The quantitative estimate of drug-likeness (QED) is 0.273. The number of anilines is 1. The summed E-state index contributed by atoms with van der Waals surface area (Å²) in [6.07, 6.45) is -1.17. The molecule has 0 saturated heterocycles. The summed E-state index contributed by atoms with van der Waals surface area (Å²) in [7, 11) is 3.28. The number of carbonyl (C=O) groups excluding carboxylic acids is 3. The number of nitrogens with one attached hydrogen (secondary N) is 1. The van der Waals surface area contributed by atoms with Crippen molar-refractivity contribution >= 4 is 52.5 Å². The molecule has 0 saturated carbocycles. The zero-order valence-electron chi connectivity index (χ0n) is 17.0. The zero-order chi connectivity index (χ0) is 23.1. The van der Waals surface area contributed by atoms with E-state index in [0.717, 1.165) is 6.07 Å². The molecule has 1 unspecified atom stereocenters. The summed E-state index contributed by atoms with van der Waals surface area (Å²) in [5, 5.41) is 13.2. The molecule has 0 aliphatic carbocycles. The molecule has 0 fully saturated rings. The largest absolute Gasteiger partial charge is 0.449 e. The molecule has 0 aromatic heterocycles. The topological polar surface area (TPSA) is 119 Å². The highest BCUT2D eigenvalue weighted by Gasteiger charge is 2.22. The van der Waals surface area contributed by atoms with E-state index < -0.39 is 22.9 Å². The van der Waals surface area contributed by atoms with E-state index in [-0.39, 0.29) is 33.6 Å². The van der Waals surface area contributed by atoms with Crippen LogP contribution in [0.1, 0.15) is 17.3 Å². The summed E-state index contributed by atoms with van der Waals surface area (Å²) in [4.78, 5) is 49.0. The highest BCUT2D eigenvalue weighted by molar-refractivity contribution is 8.00. The first kappa shape index (κ1) is 24.2. The molecule has 0 spiro atoms. The number of non-ortho nitro benzene ring substituents is 1. The van der Waals surface area contributed by atoms with E-state index in [0.29, 0.717) is 4.90 Å². The van der Waals surface area contributed by atoms with E-state index >= 15 is 0 Å². The number of carbonyl (C=O) groups is 3. The van der Waals surface area contributed by atoms with Gasteiger partial charge in [0, 0.05) is 31.1 Å². The predicted octanol–water partition coefficient (Wildman–Crippen LogP) is 3.61. The Morgan fingerprint density at radius 3 is 2.52 bits per heavy atom. The van der Waals surface area contributed by atoms with E-state index in [1.54, 1.807) is 38.4 Å². The van der Waals surface area contributed by atoms with Gasteiger partial charge in [0.1, 0.15) is 0 Å². The third-order valence-corrected chi connectivity index (χ3v) is 5.40. The Bertz CT molecular complexity index is 1010. The summed E-state index contributed by atoms with van der Waals surface area (Å²) in [6.45, 7) is 1.39. The van der Waals surface area contributed by atoms with Crippen LogP contribution in [0.4, 0.5) is 11.4 Å². The van der Waals surface area contributed by atoms with Crippen molar-refractivity contribution in [2.24, 2.45) is 0 Å². The van der Waals surface area contributed by atoms with E-state index in [9.17, 15) is 24.5 Å². The van der Waals surface area contributed by atoms with Gasteiger partial charge in [0.05, 0.1) is 26.9 Å². The summed E-state index contributed by atoms with van der Waals surface area (Å²) < 4.78 is 5.26. The minimum Gasteiger partial charge on any atom is -0.449 e. The summed E-state index contributed by atoms with van der Waals surface area (Å²) in [5.41, 5.74) is 0.162. The third-order valence-electron chi connectivity index (χ3n) is 4.03. The van der Waals surface area contributed by atoms with Gasteiger partial charge in [-0.25, -0.2) is 4.79 Å². The van der Waals surface area contributed by atoms with E-state index in [2.05, 4.69) is 5.32 Å². The first-order chi connectivity index (χ1) is 14.6. The Morgan fingerprint density at radius 1 is 1.23 bits per heavy atom. The fourth-order valence-corrected chi connectivity index (χ4v) is 3.50. The summed E-state index contributed by atoms with van der Waals surface area (Å²) in [5.74, 6) is -1.35. The molecule has 2 amide bonds. The van der Waals surface area contributed by atoms with Gasteiger partial charge in [0.15, 0.2) is 6.10 Å². The first-order valence-electron chi connectivity index (χ1n) is 8.98. The number of hydrogen-bond acceptors (Lipinski definition) is 7. The Balaban J connectivity index is 2.04. The number of rotatable bonds is 8. The second-order valence-electron chi connectivity index (χ2n) is 6.53. The zero-order valence-corrected chi connectivity index (χ0v) is 18.5. The smallest absolute Gasteiger partial charge is 0.340 e. The van der Waals surface area contributed by atoms with Crippen LogP contribution in [0.25, 0.3) is 0 Å². The predicted molar refractivity (Wildman–Crippen MR) is 117 cm³/mol. The van der Waals surface area contributed by atoms with Gasteiger partial charge in [-0.2, -0.15) is 0 Å². The number of nitro groups is 1. The van der Waals surface area contributed by atoms with Gasteiger partial charge >= 0.3 is 5.97 Å². The number of benzene rings is 2. The van der Waals surface area contributed by atoms with Crippen molar-refractivity contribution in [3.8, 4) is 0 Å². The standard InChI is InChI=1S/C20H20ClN3O6S/c1-12(19(26)22-16-9-8-13(24(28)29)10-15(16)21)30-20(27)14-6-4-5-7-17(14)31-11-18(25)23(2)3/h4-10,12H,11H2,1-3H3,(H,22,26). The van der Waals surface area contributed by atoms with Crippen molar-refractivity contribution in [3.63, 3.8) is 0 Å². The Kier molecular flexibility index (Phi) is 8.40. The first-order valence-corrected chi connectivity index (χ1v) is 10.3. The molecule has 0 aliphatic rings. The lowest BCUT2D eigenvalue weighted by Gasteiger charge is -2.16. The number of esters is 1. The molecule has 2 aromatic carbocycles. The van der Waals surface area contributed by atoms with E-state index in [4.69, 9.17) is 16.3 Å². The fourth-order valence-electron chi connectivity index (χ4n) is 2.26. The number of nitrogens with zero attached hydrogens (tertiary/aromatic N) is 2. The maximum absolute atomic E-state index is 12.6. The highest BCUT2D eigenvalue weighted by Crippen LogP contribution is 2.27. The lowest BCUT2D eigenvalue weighted by atomic mass is 10.2. The normalized spacial score (nSPS) is 11.4. The molecule has 164 valence electrons. The second kappa shape index (κ2) is 10.8. The van der Waals surface area contributed by atoms with Crippen molar-refractivity contribution in [2.45, 2.75) is 17.9 Å². The van der Waals surface area contributed by atoms with Crippen molar-refractivity contribution in [3.05, 3.63) is 63.2 Å². The number of ether oxygens (including phenoxy) is 1. The Morgan fingerprint density at radius 2 is 1.90 bits per heavy atom. The molecular formula is C20H20ClN3O6S.